The van der Waals surface area contributed by atoms with Gasteiger partial charge in [-0.25, -0.2) is 0 Å². The van der Waals surface area contributed by atoms with E-state index in [0.717, 1.165) is 25.7 Å². The van der Waals surface area contributed by atoms with E-state index in [0.29, 0.717) is 0 Å². The highest BCUT2D eigenvalue weighted by atomic mass is 16.3. The molecule has 0 aliphatic heterocycles. The molecule has 0 bridgehead atoms. The first-order chi connectivity index (χ1) is 5.22. The fraction of sp³-hybridized carbons (Fsp3) is 1.00. The molecule has 0 saturated heterocycles. The van der Waals surface area contributed by atoms with E-state index in [4.69, 9.17) is 5.11 Å². The Morgan fingerprint density at radius 2 is 1.64 bits per heavy atom. The van der Waals surface area contributed by atoms with Crippen molar-refractivity contribution in [3.63, 3.8) is 0 Å². The SMILES string of the molecule is OCC1(O)CCC12CCCC2. The lowest BCUT2D eigenvalue weighted by molar-refractivity contribution is -0.187. The first-order valence-corrected chi connectivity index (χ1v) is 4.56. The molecule has 2 nitrogen and oxygen atoms in total. The van der Waals surface area contributed by atoms with Crippen LogP contribution in [0.15, 0.2) is 0 Å². The largest absolute Gasteiger partial charge is 0.393 e. The van der Waals surface area contributed by atoms with Crippen LogP contribution in [-0.4, -0.2) is 22.4 Å². The minimum atomic E-state index is -0.705. The summed E-state index contributed by atoms with van der Waals surface area (Å²) in [5, 5.41) is 18.9. The monoisotopic (exact) mass is 156 g/mol. The van der Waals surface area contributed by atoms with Crippen molar-refractivity contribution in [1.29, 1.82) is 0 Å². The van der Waals surface area contributed by atoms with E-state index in [-0.39, 0.29) is 12.0 Å². The third-order valence-corrected chi connectivity index (χ3v) is 3.83. The molecule has 0 radical (unpaired) electrons. The molecule has 0 heterocycles. The Balaban J connectivity index is 2.14. The average molecular weight is 156 g/mol. The van der Waals surface area contributed by atoms with Gasteiger partial charge in [0.2, 0.25) is 0 Å². The predicted molar refractivity (Wildman–Crippen MR) is 42.2 cm³/mol. The van der Waals surface area contributed by atoms with Gasteiger partial charge in [0, 0.05) is 5.41 Å². The summed E-state index contributed by atoms with van der Waals surface area (Å²) >= 11 is 0. The maximum Gasteiger partial charge on any atom is 0.0933 e. The van der Waals surface area contributed by atoms with Crippen molar-refractivity contribution < 1.29 is 10.2 Å². The van der Waals surface area contributed by atoms with Crippen molar-refractivity contribution in [2.24, 2.45) is 5.41 Å². The van der Waals surface area contributed by atoms with Crippen molar-refractivity contribution in [3.8, 4) is 0 Å². The minimum absolute atomic E-state index is 0.0347. The van der Waals surface area contributed by atoms with Gasteiger partial charge >= 0.3 is 0 Å². The summed E-state index contributed by atoms with van der Waals surface area (Å²) in [5.74, 6) is 0. The van der Waals surface area contributed by atoms with E-state index in [2.05, 4.69) is 0 Å². The van der Waals surface area contributed by atoms with Crippen molar-refractivity contribution >= 4 is 0 Å². The fourth-order valence-corrected chi connectivity index (χ4v) is 2.78. The maximum atomic E-state index is 9.92. The van der Waals surface area contributed by atoms with Crippen molar-refractivity contribution in [2.75, 3.05) is 6.61 Å². The average Bonchev–Trinajstić information content (AvgIpc) is 2.51. The van der Waals surface area contributed by atoms with Gasteiger partial charge in [0.05, 0.1) is 12.2 Å². The van der Waals surface area contributed by atoms with Crippen LogP contribution >= 0.6 is 0 Å². The van der Waals surface area contributed by atoms with Crippen LogP contribution in [0.2, 0.25) is 0 Å². The van der Waals surface area contributed by atoms with Crippen LogP contribution in [0, 0.1) is 5.41 Å². The minimum Gasteiger partial charge on any atom is -0.393 e. The number of aliphatic hydroxyl groups excluding tert-OH is 1. The molecule has 1 atom stereocenters. The highest BCUT2D eigenvalue weighted by Gasteiger charge is 2.58. The van der Waals surface area contributed by atoms with E-state index in [1.165, 1.54) is 12.8 Å². The molecule has 11 heavy (non-hydrogen) atoms. The van der Waals surface area contributed by atoms with Gasteiger partial charge in [0.15, 0.2) is 0 Å². The molecule has 2 aliphatic carbocycles. The van der Waals surface area contributed by atoms with Crippen LogP contribution < -0.4 is 0 Å². The van der Waals surface area contributed by atoms with E-state index in [1.54, 1.807) is 0 Å². The Morgan fingerprint density at radius 3 is 2.00 bits per heavy atom. The molecule has 2 aliphatic rings. The summed E-state index contributed by atoms with van der Waals surface area (Å²) < 4.78 is 0. The zero-order valence-corrected chi connectivity index (χ0v) is 6.84. The number of aliphatic hydroxyl groups is 2. The lowest BCUT2D eigenvalue weighted by atomic mass is 9.56. The molecule has 2 fully saturated rings. The van der Waals surface area contributed by atoms with Gasteiger partial charge in [-0.2, -0.15) is 0 Å². The third-order valence-electron chi connectivity index (χ3n) is 3.83. The van der Waals surface area contributed by atoms with Gasteiger partial charge in [-0.05, 0) is 25.7 Å². The molecule has 0 aromatic rings. The zero-order valence-electron chi connectivity index (χ0n) is 6.84. The summed E-state index contributed by atoms with van der Waals surface area (Å²) in [6, 6.07) is 0. The number of rotatable bonds is 1. The molecule has 0 aromatic heterocycles. The van der Waals surface area contributed by atoms with Gasteiger partial charge < -0.3 is 10.2 Å². The van der Waals surface area contributed by atoms with Crippen LogP contribution in [0.25, 0.3) is 0 Å². The van der Waals surface area contributed by atoms with E-state index < -0.39 is 5.60 Å². The standard InChI is InChI=1S/C9H16O2/c10-7-9(11)6-5-8(9)3-1-2-4-8/h10-11H,1-7H2. The zero-order chi connectivity index (χ0) is 7.95. The lowest BCUT2D eigenvalue weighted by Crippen LogP contribution is -2.58. The molecule has 2 rings (SSSR count). The van der Waals surface area contributed by atoms with Crippen LogP contribution in [0.1, 0.15) is 38.5 Å². The number of hydrogen-bond acceptors (Lipinski definition) is 2. The summed E-state index contributed by atoms with van der Waals surface area (Å²) in [6.07, 6.45) is 6.67. The Labute approximate surface area is 67.2 Å². The topological polar surface area (TPSA) is 40.5 Å². The van der Waals surface area contributed by atoms with Gasteiger partial charge in [0.1, 0.15) is 0 Å². The molecule has 2 saturated carbocycles. The summed E-state index contributed by atoms with van der Waals surface area (Å²) in [4.78, 5) is 0. The van der Waals surface area contributed by atoms with E-state index >= 15 is 0 Å². The van der Waals surface area contributed by atoms with E-state index in [9.17, 15) is 5.11 Å². The molecule has 1 unspecified atom stereocenters. The second-order valence-corrected chi connectivity index (χ2v) is 4.18. The Hall–Kier alpha value is -0.0800. The molecule has 2 heteroatoms. The van der Waals surface area contributed by atoms with E-state index in [1.807, 2.05) is 0 Å². The second-order valence-electron chi connectivity index (χ2n) is 4.18. The van der Waals surface area contributed by atoms with Gasteiger partial charge in [-0.15, -0.1) is 0 Å². The lowest BCUT2D eigenvalue weighted by Gasteiger charge is -2.54. The van der Waals surface area contributed by atoms with Crippen LogP contribution in [0.4, 0.5) is 0 Å². The Kier molecular flexibility index (Phi) is 1.52. The molecule has 64 valence electrons. The van der Waals surface area contributed by atoms with Gasteiger partial charge in [0.25, 0.3) is 0 Å². The molecule has 0 aromatic carbocycles. The molecular formula is C9H16O2. The Morgan fingerprint density at radius 1 is 1.00 bits per heavy atom. The molecule has 1 spiro atoms. The highest BCUT2D eigenvalue weighted by molar-refractivity contribution is 5.09. The summed E-state index contributed by atoms with van der Waals surface area (Å²) in [6.45, 7) is -0.0347. The number of hydrogen-bond donors (Lipinski definition) is 2. The fourth-order valence-electron chi connectivity index (χ4n) is 2.78. The molecule has 2 N–H and O–H groups in total. The first kappa shape index (κ1) is 7.56. The maximum absolute atomic E-state index is 9.92. The molecule has 0 amide bonds. The predicted octanol–water partition coefficient (Wildman–Crippen LogP) is 1.06. The van der Waals surface area contributed by atoms with Crippen LogP contribution in [0.3, 0.4) is 0 Å². The van der Waals surface area contributed by atoms with Crippen LogP contribution in [-0.2, 0) is 0 Å². The molecular weight excluding hydrogens is 140 g/mol. The summed E-state index contributed by atoms with van der Waals surface area (Å²) in [7, 11) is 0. The van der Waals surface area contributed by atoms with Gasteiger partial charge in [-0.3, -0.25) is 0 Å². The highest BCUT2D eigenvalue weighted by Crippen LogP contribution is 2.59. The smallest absolute Gasteiger partial charge is 0.0933 e. The quantitative estimate of drug-likeness (QED) is 0.596. The normalized spacial score (nSPS) is 40.9. The van der Waals surface area contributed by atoms with Gasteiger partial charge in [-0.1, -0.05) is 12.8 Å². The Bertz CT molecular complexity index is 157. The third kappa shape index (κ3) is 0.798. The van der Waals surface area contributed by atoms with Crippen molar-refractivity contribution in [2.45, 2.75) is 44.1 Å². The first-order valence-electron chi connectivity index (χ1n) is 4.56. The second kappa shape index (κ2) is 2.20. The van der Waals surface area contributed by atoms with Crippen LogP contribution in [0.5, 0.6) is 0 Å². The summed E-state index contributed by atoms with van der Waals surface area (Å²) in [5.41, 5.74) is -0.578. The van der Waals surface area contributed by atoms with Crippen molar-refractivity contribution in [1.82, 2.24) is 0 Å². The van der Waals surface area contributed by atoms with Crippen molar-refractivity contribution in [3.05, 3.63) is 0 Å².